The van der Waals surface area contributed by atoms with Crippen molar-refractivity contribution in [2.75, 3.05) is 25.1 Å². The van der Waals surface area contributed by atoms with Crippen LogP contribution in [0.15, 0.2) is 30.3 Å². The van der Waals surface area contributed by atoms with Crippen molar-refractivity contribution >= 4 is 17.7 Å². The van der Waals surface area contributed by atoms with E-state index in [0.717, 1.165) is 44.4 Å². The molecule has 0 heterocycles. The lowest BCUT2D eigenvalue weighted by atomic mass is 10.1. The molecule has 0 aliphatic carbocycles. The van der Waals surface area contributed by atoms with Crippen molar-refractivity contribution in [2.45, 2.75) is 70.6 Å². The maximum absolute atomic E-state index is 11.7. The van der Waals surface area contributed by atoms with Crippen molar-refractivity contribution in [3.05, 3.63) is 30.3 Å². The number of hydrogen-bond acceptors (Lipinski definition) is 3. The summed E-state index contributed by atoms with van der Waals surface area (Å²) in [6.45, 7) is 2.05. The summed E-state index contributed by atoms with van der Waals surface area (Å²) < 4.78 is 5.61. The number of amides is 2. The van der Waals surface area contributed by atoms with Gasteiger partial charge in [-0.3, -0.25) is 4.79 Å². The summed E-state index contributed by atoms with van der Waals surface area (Å²) in [6.07, 6.45) is 11.3. The second kappa shape index (κ2) is 17.0. The fraction of sp³-hybridized carbons (Fsp3) is 0.636. The Bertz CT molecular complexity index is 523. The van der Waals surface area contributed by atoms with Crippen LogP contribution in [0.5, 0.6) is 0 Å². The second-order valence-electron chi connectivity index (χ2n) is 7.04. The molecule has 0 saturated carbocycles. The monoisotopic (exact) mass is 392 g/mol. The smallest absolute Gasteiger partial charge is 0.319 e. The van der Waals surface area contributed by atoms with Gasteiger partial charge in [0.25, 0.3) is 0 Å². The van der Waals surface area contributed by atoms with Crippen molar-refractivity contribution in [3.8, 4) is 0 Å². The molecule has 0 aliphatic heterocycles. The zero-order valence-corrected chi connectivity index (χ0v) is 17.0. The maximum Gasteiger partial charge on any atom is 0.319 e. The minimum Gasteiger partial charge on any atom is -0.481 e. The Morgan fingerprint density at radius 3 is 2.00 bits per heavy atom. The normalized spacial score (nSPS) is 10.6. The standard InChI is InChI=1S/C22H36N2O4/c25-21(26)16-11-6-4-2-1-3-5-7-12-18-28-19-13-17-23-22(27)24-20-14-9-8-10-15-20/h8-10,14-15H,1-7,11-13,16-19H2,(H,25,26)(H2,23,24,27). The average molecular weight is 393 g/mol. The SMILES string of the molecule is O=C(O)CCCCCCCCCCCOCCCNC(=O)Nc1ccccc1. The Hall–Kier alpha value is -2.08. The molecule has 0 unspecified atom stereocenters. The van der Waals surface area contributed by atoms with E-state index in [0.29, 0.717) is 19.6 Å². The van der Waals surface area contributed by atoms with Crippen LogP contribution in [0.2, 0.25) is 0 Å². The number of ether oxygens (including phenoxy) is 1. The molecule has 1 aromatic rings. The summed E-state index contributed by atoms with van der Waals surface area (Å²) in [7, 11) is 0. The first-order chi connectivity index (χ1) is 13.7. The van der Waals surface area contributed by atoms with Crippen LogP contribution in [-0.4, -0.2) is 36.9 Å². The number of nitrogens with one attached hydrogen (secondary N) is 2. The average Bonchev–Trinajstić information content (AvgIpc) is 2.68. The van der Waals surface area contributed by atoms with Gasteiger partial charge in [0.2, 0.25) is 0 Å². The lowest BCUT2D eigenvalue weighted by Gasteiger charge is -2.08. The molecule has 0 aliphatic rings. The summed E-state index contributed by atoms with van der Waals surface area (Å²) in [4.78, 5) is 22.1. The van der Waals surface area contributed by atoms with Crippen LogP contribution < -0.4 is 10.6 Å². The Labute approximate surface area is 169 Å². The number of carboxylic acids is 1. The number of carboxylic acid groups (broad SMARTS) is 1. The molecule has 158 valence electrons. The summed E-state index contributed by atoms with van der Waals surface area (Å²) in [5.41, 5.74) is 0.787. The van der Waals surface area contributed by atoms with Gasteiger partial charge in [-0.2, -0.15) is 0 Å². The minimum absolute atomic E-state index is 0.187. The van der Waals surface area contributed by atoms with Crippen LogP contribution >= 0.6 is 0 Å². The van der Waals surface area contributed by atoms with Crippen LogP contribution in [0.3, 0.4) is 0 Å². The van der Waals surface area contributed by atoms with E-state index in [-0.39, 0.29) is 6.03 Å². The zero-order chi connectivity index (χ0) is 20.3. The first-order valence-corrected chi connectivity index (χ1v) is 10.6. The molecular formula is C22H36N2O4. The van der Waals surface area contributed by atoms with E-state index in [4.69, 9.17) is 9.84 Å². The molecule has 28 heavy (non-hydrogen) atoms. The van der Waals surface area contributed by atoms with E-state index in [1.807, 2.05) is 30.3 Å². The molecular weight excluding hydrogens is 356 g/mol. The van der Waals surface area contributed by atoms with Crippen molar-refractivity contribution in [2.24, 2.45) is 0 Å². The van der Waals surface area contributed by atoms with Gasteiger partial charge >= 0.3 is 12.0 Å². The van der Waals surface area contributed by atoms with Gasteiger partial charge in [-0.05, 0) is 31.4 Å². The van der Waals surface area contributed by atoms with E-state index in [2.05, 4.69) is 10.6 Å². The van der Waals surface area contributed by atoms with Gasteiger partial charge in [-0.1, -0.05) is 63.1 Å². The fourth-order valence-corrected chi connectivity index (χ4v) is 2.89. The number of benzene rings is 1. The summed E-state index contributed by atoms with van der Waals surface area (Å²) in [5.74, 6) is -0.688. The predicted molar refractivity (Wildman–Crippen MR) is 113 cm³/mol. The first kappa shape index (κ1) is 24.0. The molecule has 3 N–H and O–H groups in total. The van der Waals surface area contributed by atoms with E-state index >= 15 is 0 Å². The van der Waals surface area contributed by atoms with Crippen LogP contribution in [0.4, 0.5) is 10.5 Å². The van der Waals surface area contributed by atoms with Gasteiger partial charge < -0.3 is 20.5 Å². The van der Waals surface area contributed by atoms with Crippen molar-refractivity contribution in [3.63, 3.8) is 0 Å². The minimum atomic E-state index is -0.688. The molecule has 2 amide bonds. The number of hydrogen-bond donors (Lipinski definition) is 3. The lowest BCUT2D eigenvalue weighted by Crippen LogP contribution is -2.30. The predicted octanol–water partition coefficient (Wildman–Crippen LogP) is 5.20. The Morgan fingerprint density at radius 1 is 0.786 bits per heavy atom. The number of aliphatic carboxylic acids is 1. The van der Waals surface area contributed by atoms with Gasteiger partial charge in [0.15, 0.2) is 0 Å². The topological polar surface area (TPSA) is 87.7 Å². The van der Waals surface area contributed by atoms with Crippen molar-refractivity contribution in [1.82, 2.24) is 5.32 Å². The van der Waals surface area contributed by atoms with Crippen molar-refractivity contribution in [1.29, 1.82) is 0 Å². The number of unbranched alkanes of at least 4 members (excludes halogenated alkanes) is 8. The molecule has 0 aromatic heterocycles. The highest BCUT2D eigenvalue weighted by molar-refractivity contribution is 5.89. The summed E-state index contributed by atoms with van der Waals surface area (Å²) in [5, 5.41) is 14.2. The van der Waals surface area contributed by atoms with Gasteiger partial charge in [-0.15, -0.1) is 0 Å². The second-order valence-corrected chi connectivity index (χ2v) is 7.04. The zero-order valence-electron chi connectivity index (χ0n) is 17.0. The number of urea groups is 1. The number of anilines is 1. The number of rotatable bonds is 17. The van der Waals surface area contributed by atoms with Gasteiger partial charge in [-0.25, -0.2) is 4.79 Å². The highest BCUT2D eigenvalue weighted by Gasteiger charge is 2.00. The van der Waals surface area contributed by atoms with Crippen LogP contribution in [0, 0.1) is 0 Å². The van der Waals surface area contributed by atoms with Crippen LogP contribution in [-0.2, 0) is 9.53 Å². The number of para-hydroxylation sites is 1. The highest BCUT2D eigenvalue weighted by Crippen LogP contribution is 2.10. The third kappa shape index (κ3) is 15.0. The Kier molecular flexibility index (Phi) is 14.6. The molecule has 0 atom stereocenters. The molecule has 1 rings (SSSR count). The van der Waals surface area contributed by atoms with E-state index in [1.54, 1.807) is 0 Å². The Balaban J connectivity index is 1.76. The molecule has 0 radical (unpaired) electrons. The van der Waals surface area contributed by atoms with Gasteiger partial charge in [0, 0.05) is 31.9 Å². The molecule has 6 heteroatoms. The molecule has 1 aromatic carbocycles. The van der Waals surface area contributed by atoms with Crippen LogP contribution in [0.1, 0.15) is 70.6 Å². The van der Waals surface area contributed by atoms with Gasteiger partial charge in [0.1, 0.15) is 0 Å². The molecule has 0 spiro atoms. The molecule has 0 saturated heterocycles. The maximum atomic E-state index is 11.7. The van der Waals surface area contributed by atoms with E-state index in [9.17, 15) is 9.59 Å². The largest absolute Gasteiger partial charge is 0.481 e. The summed E-state index contributed by atoms with van der Waals surface area (Å²) >= 11 is 0. The number of carbonyl (C=O) groups is 2. The molecule has 0 fully saturated rings. The first-order valence-electron chi connectivity index (χ1n) is 10.6. The third-order valence-electron chi connectivity index (χ3n) is 4.46. The number of carbonyl (C=O) groups excluding carboxylic acids is 1. The lowest BCUT2D eigenvalue weighted by molar-refractivity contribution is -0.137. The van der Waals surface area contributed by atoms with E-state index in [1.165, 1.54) is 32.1 Å². The van der Waals surface area contributed by atoms with E-state index < -0.39 is 5.97 Å². The van der Waals surface area contributed by atoms with Crippen LogP contribution in [0.25, 0.3) is 0 Å². The fourth-order valence-electron chi connectivity index (χ4n) is 2.89. The Morgan fingerprint density at radius 2 is 1.36 bits per heavy atom. The molecule has 0 bridgehead atoms. The quantitative estimate of drug-likeness (QED) is 0.318. The third-order valence-corrected chi connectivity index (χ3v) is 4.46. The molecule has 6 nitrogen and oxygen atoms in total. The van der Waals surface area contributed by atoms with Crippen molar-refractivity contribution < 1.29 is 19.4 Å². The highest BCUT2D eigenvalue weighted by atomic mass is 16.5. The summed E-state index contributed by atoms with van der Waals surface area (Å²) in [6, 6.07) is 9.20. The van der Waals surface area contributed by atoms with Gasteiger partial charge in [0.05, 0.1) is 0 Å².